The van der Waals surface area contributed by atoms with E-state index in [4.69, 9.17) is 0 Å². The third-order valence-corrected chi connectivity index (χ3v) is 3.93. The maximum absolute atomic E-state index is 12.0. The van der Waals surface area contributed by atoms with Gasteiger partial charge in [0.25, 0.3) is 0 Å². The molecule has 0 radical (unpaired) electrons. The zero-order chi connectivity index (χ0) is 11.8. The van der Waals surface area contributed by atoms with Crippen LogP contribution in [0.3, 0.4) is 0 Å². The van der Waals surface area contributed by atoms with Crippen molar-refractivity contribution in [1.29, 1.82) is 0 Å². The molecule has 0 spiro atoms. The zero-order valence-corrected chi connectivity index (χ0v) is 11.0. The molecule has 0 aromatic carbocycles. The largest absolute Gasteiger partial charge is 0.350 e. The molecule has 3 rings (SSSR count). The lowest BCUT2D eigenvalue weighted by molar-refractivity contribution is 0.666. The topological polar surface area (TPSA) is 52.2 Å². The summed E-state index contributed by atoms with van der Waals surface area (Å²) in [4.78, 5) is 17.0. The highest BCUT2D eigenvalue weighted by Crippen LogP contribution is 2.22. The van der Waals surface area contributed by atoms with Crippen LogP contribution in [0.1, 0.15) is 4.88 Å². The minimum Gasteiger partial charge on any atom is -0.259 e. The molecule has 0 unspecified atom stereocenters. The molecule has 0 bridgehead atoms. The van der Waals surface area contributed by atoms with E-state index in [1.54, 1.807) is 29.9 Å². The predicted molar refractivity (Wildman–Crippen MR) is 68.4 cm³/mol. The van der Waals surface area contributed by atoms with Gasteiger partial charge in [0.15, 0.2) is 5.65 Å². The Hall–Kier alpha value is -1.47. The van der Waals surface area contributed by atoms with Gasteiger partial charge in [-0.15, -0.1) is 16.4 Å². The normalized spacial score (nSPS) is 11.1. The number of halogens is 1. The minimum absolute atomic E-state index is 0.146. The smallest absolute Gasteiger partial charge is 0.259 e. The lowest BCUT2D eigenvalue weighted by Crippen LogP contribution is -2.21. The first-order valence-electron chi connectivity index (χ1n) is 4.87. The molecule has 17 heavy (non-hydrogen) atoms. The van der Waals surface area contributed by atoms with Gasteiger partial charge < -0.3 is 0 Å². The van der Waals surface area contributed by atoms with E-state index in [0.717, 1.165) is 8.66 Å². The van der Waals surface area contributed by atoms with E-state index in [1.165, 1.54) is 9.08 Å². The van der Waals surface area contributed by atoms with Crippen LogP contribution in [0.2, 0.25) is 0 Å². The Morgan fingerprint density at radius 3 is 3.00 bits per heavy atom. The van der Waals surface area contributed by atoms with Crippen molar-refractivity contribution in [3.8, 4) is 0 Å². The summed E-state index contributed by atoms with van der Waals surface area (Å²) in [7, 11) is 0. The van der Waals surface area contributed by atoms with E-state index in [2.05, 4.69) is 26.0 Å². The Morgan fingerprint density at radius 1 is 1.41 bits per heavy atom. The highest BCUT2D eigenvalue weighted by molar-refractivity contribution is 9.11. The van der Waals surface area contributed by atoms with E-state index in [0.29, 0.717) is 12.2 Å². The summed E-state index contributed by atoms with van der Waals surface area (Å²) in [5, 5.41) is 4.21. The second kappa shape index (κ2) is 4.08. The Kier molecular flexibility index (Phi) is 2.56. The molecule has 86 valence electrons. The standard InChI is InChI=1S/C10H7BrN4OS/c11-8-2-1-7(17-8)6-15-10(16)14-4-3-12-5-9(14)13-15/h1-5H,6H2. The summed E-state index contributed by atoms with van der Waals surface area (Å²) in [6, 6.07) is 3.94. The van der Waals surface area contributed by atoms with Crippen molar-refractivity contribution in [1.82, 2.24) is 19.2 Å². The molecule has 0 amide bonds. The van der Waals surface area contributed by atoms with E-state index < -0.39 is 0 Å². The highest BCUT2D eigenvalue weighted by Gasteiger charge is 2.07. The monoisotopic (exact) mass is 310 g/mol. The summed E-state index contributed by atoms with van der Waals surface area (Å²) in [5.41, 5.74) is 0.417. The van der Waals surface area contributed by atoms with E-state index in [-0.39, 0.29) is 5.69 Å². The second-order valence-corrected chi connectivity index (χ2v) is 6.00. The quantitative estimate of drug-likeness (QED) is 0.725. The fourth-order valence-corrected chi connectivity index (χ4v) is 3.03. The maximum Gasteiger partial charge on any atom is 0.350 e. The van der Waals surface area contributed by atoms with Crippen LogP contribution in [0, 0.1) is 0 Å². The number of hydrogen-bond donors (Lipinski definition) is 0. The van der Waals surface area contributed by atoms with Crippen molar-refractivity contribution in [2.75, 3.05) is 0 Å². The van der Waals surface area contributed by atoms with Crippen molar-refractivity contribution in [2.24, 2.45) is 0 Å². The second-order valence-electron chi connectivity index (χ2n) is 3.45. The number of aromatic nitrogens is 4. The number of nitrogens with zero attached hydrogens (tertiary/aromatic N) is 4. The van der Waals surface area contributed by atoms with Crippen LogP contribution >= 0.6 is 27.3 Å². The molecular formula is C10H7BrN4OS. The summed E-state index contributed by atoms with van der Waals surface area (Å²) in [6.07, 6.45) is 4.76. The molecule has 7 heteroatoms. The first kappa shape index (κ1) is 10.7. The van der Waals surface area contributed by atoms with Crippen LogP contribution in [0.25, 0.3) is 5.65 Å². The molecule has 0 saturated carbocycles. The fourth-order valence-electron chi connectivity index (χ4n) is 1.57. The molecule has 0 N–H and O–H groups in total. The number of thiophene rings is 1. The van der Waals surface area contributed by atoms with Gasteiger partial charge in [-0.2, -0.15) is 0 Å². The molecule has 0 aliphatic rings. The van der Waals surface area contributed by atoms with E-state index in [1.807, 2.05) is 12.1 Å². The molecule has 0 aliphatic heterocycles. The Balaban J connectivity index is 2.06. The Bertz CT molecular complexity index is 729. The van der Waals surface area contributed by atoms with Gasteiger partial charge >= 0.3 is 5.69 Å². The third-order valence-electron chi connectivity index (χ3n) is 2.32. The molecule has 0 atom stereocenters. The van der Waals surface area contributed by atoms with Crippen LogP contribution in [-0.2, 0) is 6.54 Å². The Morgan fingerprint density at radius 2 is 2.29 bits per heavy atom. The summed E-state index contributed by atoms with van der Waals surface area (Å²) in [6.45, 7) is 0.483. The van der Waals surface area contributed by atoms with Gasteiger partial charge in [-0.05, 0) is 28.1 Å². The van der Waals surface area contributed by atoms with E-state index >= 15 is 0 Å². The lowest BCUT2D eigenvalue weighted by Gasteiger charge is -1.94. The van der Waals surface area contributed by atoms with Crippen LogP contribution in [-0.4, -0.2) is 19.2 Å². The number of rotatable bonds is 2. The average Bonchev–Trinajstić information content (AvgIpc) is 2.86. The first-order chi connectivity index (χ1) is 8.24. The minimum atomic E-state index is -0.146. The number of fused-ring (bicyclic) bond motifs is 1. The predicted octanol–water partition coefficient (Wildman–Crippen LogP) is 1.76. The molecular weight excluding hydrogens is 304 g/mol. The van der Waals surface area contributed by atoms with Crippen molar-refractivity contribution >= 4 is 32.9 Å². The van der Waals surface area contributed by atoms with Crippen molar-refractivity contribution < 1.29 is 0 Å². The Labute approximate surface area is 108 Å². The van der Waals surface area contributed by atoms with Gasteiger partial charge in [-0.3, -0.25) is 4.98 Å². The van der Waals surface area contributed by atoms with Crippen LogP contribution in [0.5, 0.6) is 0 Å². The molecule has 3 heterocycles. The van der Waals surface area contributed by atoms with E-state index in [9.17, 15) is 4.79 Å². The zero-order valence-electron chi connectivity index (χ0n) is 8.58. The van der Waals surface area contributed by atoms with Crippen LogP contribution < -0.4 is 5.69 Å². The van der Waals surface area contributed by atoms with Gasteiger partial charge in [0, 0.05) is 17.3 Å². The fraction of sp³-hybridized carbons (Fsp3) is 0.100. The van der Waals surface area contributed by atoms with Gasteiger partial charge in [0.1, 0.15) is 0 Å². The van der Waals surface area contributed by atoms with Crippen LogP contribution in [0.4, 0.5) is 0 Å². The summed E-state index contributed by atoms with van der Waals surface area (Å²) < 4.78 is 3.97. The van der Waals surface area contributed by atoms with Crippen LogP contribution in [0.15, 0.2) is 39.3 Å². The SMILES string of the molecule is O=c1n(Cc2ccc(Br)s2)nc2cnccn12. The van der Waals surface area contributed by atoms with Crippen molar-refractivity contribution in [2.45, 2.75) is 6.54 Å². The third kappa shape index (κ3) is 1.91. The molecule has 0 saturated heterocycles. The van der Waals surface area contributed by atoms with Gasteiger partial charge in [0.05, 0.1) is 16.5 Å². The molecule has 3 aromatic rings. The molecule has 5 nitrogen and oxygen atoms in total. The van der Waals surface area contributed by atoms with Crippen molar-refractivity contribution in [3.63, 3.8) is 0 Å². The van der Waals surface area contributed by atoms with Gasteiger partial charge in [-0.1, -0.05) is 0 Å². The molecule has 0 aliphatic carbocycles. The van der Waals surface area contributed by atoms with Gasteiger partial charge in [-0.25, -0.2) is 13.9 Å². The lowest BCUT2D eigenvalue weighted by atomic mass is 10.5. The summed E-state index contributed by atoms with van der Waals surface area (Å²) in [5.74, 6) is 0. The molecule has 3 aromatic heterocycles. The first-order valence-corrected chi connectivity index (χ1v) is 6.48. The maximum atomic E-state index is 12.0. The molecule has 0 fully saturated rings. The highest BCUT2D eigenvalue weighted by atomic mass is 79.9. The number of hydrogen-bond acceptors (Lipinski definition) is 4. The van der Waals surface area contributed by atoms with Gasteiger partial charge in [0.2, 0.25) is 0 Å². The van der Waals surface area contributed by atoms with Crippen molar-refractivity contribution in [3.05, 3.63) is 49.9 Å². The average molecular weight is 311 g/mol. The summed E-state index contributed by atoms with van der Waals surface area (Å²) >= 11 is 4.99.